The van der Waals surface area contributed by atoms with Crippen molar-refractivity contribution < 1.29 is 0 Å². The van der Waals surface area contributed by atoms with Crippen molar-refractivity contribution in [3.8, 4) is 0 Å². The van der Waals surface area contributed by atoms with Gasteiger partial charge in [0.15, 0.2) is 0 Å². The fourth-order valence-corrected chi connectivity index (χ4v) is 2.46. The van der Waals surface area contributed by atoms with Gasteiger partial charge in [-0.05, 0) is 24.4 Å². The lowest BCUT2D eigenvalue weighted by molar-refractivity contribution is 0.404. The third kappa shape index (κ3) is 1.96. The summed E-state index contributed by atoms with van der Waals surface area (Å²) in [6, 6.07) is 10.7. The summed E-state index contributed by atoms with van der Waals surface area (Å²) in [5.74, 6) is 0.505. The Morgan fingerprint density at radius 3 is 2.62 bits per heavy atom. The van der Waals surface area contributed by atoms with Crippen LogP contribution in [0.5, 0.6) is 0 Å². The van der Waals surface area contributed by atoms with Crippen LogP contribution in [0.15, 0.2) is 54.6 Å². The van der Waals surface area contributed by atoms with Gasteiger partial charge in [0.2, 0.25) is 0 Å². The molecule has 1 aliphatic rings. The Morgan fingerprint density at radius 1 is 1.19 bits per heavy atom. The Kier molecular flexibility index (Phi) is 3.25. The number of rotatable bonds is 3. The third-order valence-electron chi connectivity index (χ3n) is 3.54. The summed E-state index contributed by atoms with van der Waals surface area (Å²) in [5.41, 5.74) is 7.16. The molecule has 1 aliphatic carbocycles. The maximum atomic E-state index is 5.70. The summed E-state index contributed by atoms with van der Waals surface area (Å²) in [4.78, 5) is 0. The summed E-state index contributed by atoms with van der Waals surface area (Å²) in [6.07, 6.45) is 9.87. The van der Waals surface area contributed by atoms with E-state index in [0.717, 1.165) is 13.0 Å². The van der Waals surface area contributed by atoms with Crippen LogP contribution in [0.25, 0.3) is 0 Å². The van der Waals surface area contributed by atoms with Crippen molar-refractivity contribution >= 4 is 0 Å². The monoisotopic (exact) mass is 213 g/mol. The van der Waals surface area contributed by atoms with Crippen molar-refractivity contribution in [3.63, 3.8) is 0 Å². The van der Waals surface area contributed by atoms with Crippen molar-refractivity contribution in [1.82, 2.24) is 0 Å². The van der Waals surface area contributed by atoms with Gasteiger partial charge in [0, 0.05) is 5.41 Å². The van der Waals surface area contributed by atoms with Crippen LogP contribution in [0, 0.1) is 5.92 Å². The van der Waals surface area contributed by atoms with Gasteiger partial charge < -0.3 is 5.73 Å². The van der Waals surface area contributed by atoms with Gasteiger partial charge in [-0.1, -0.05) is 61.6 Å². The predicted molar refractivity (Wildman–Crippen MR) is 69.2 cm³/mol. The van der Waals surface area contributed by atoms with E-state index in [1.165, 1.54) is 5.56 Å². The molecule has 0 heterocycles. The van der Waals surface area contributed by atoms with E-state index >= 15 is 0 Å². The van der Waals surface area contributed by atoms with Gasteiger partial charge in [-0.15, -0.1) is 0 Å². The molecular weight excluding hydrogens is 194 g/mol. The molecule has 0 radical (unpaired) electrons. The van der Waals surface area contributed by atoms with Crippen LogP contribution in [0.4, 0.5) is 0 Å². The minimum Gasteiger partial charge on any atom is -0.330 e. The number of hydrogen-bond acceptors (Lipinski definition) is 1. The van der Waals surface area contributed by atoms with Crippen molar-refractivity contribution in [2.75, 3.05) is 6.54 Å². The fraction of sp³-hybridized carbons (Fsp3) is 0.333. The molecule has 0 aromatic heterocycles. The summed E-state index contributed by atoms with van der Waals surface area (Å²) in [6.45, 7) is 3.04. The molecular formula is C15H19N. The van der Waals surface area contributed by atoms with Gasteiger partial charge in [-0.3, -0.25) is 0 Å². The van der Waals surface area contributed by atoms with Crippen LogP contribution in [-0.2, 0) is 5.41 Å². The smallest absolute Gasteiger partial charge is 0.0170 e. The Morgan fingerprint density at radius 2 is 1.94 bits per heavy atom. The quantitative estimate of drug-likeness (QED) is 0.820. The molecule has 2 rings (SSSR count). The van der Waals surface area contributed by atoms with Crippen molar-refractivity contribution in [3.05, 3.63) is 60.2 Å². The van der Waals surface area contributed by atoms with E-state index in [1.807, 2.05) is 0 Å². The Labute approximate surface area is 97.7 Å². The molecule has 2 N–H and O–H groups in total. The van der Waals surface area contributed by atoms with Gasteiger partial charge in [0.1, 0.15) is 0 Å². The average molecular weight is 213 g/mol. The van der Waals surface area contributed by atoms with E-state index in [1.54, 1.807) is 0 Å². The zero-order valence-electron chi connectivity index (χ0n) is 9.77. The maximum Gasteiger partial charge on any atom is 0.0170 e. The molecule has 2 atom stereocenters. The topological polar surface area (TPSA) is 26.0 Å². The minimum absolute atomic E-state index is 0.0926. The van der Waals surface area contributed by atoms with E-state index in [2.05, 4.69) is 61.6 Å². The molecule has 0 saturated heterocycles. The Balaban J connectivity index is 2.35. The minimum atomic E-state index is 0.0926. The molecule has 1 heteroatoms. The predicted octanol–water partition coefficient (Wildman–Crippen LogP) is 3.04. The average Bonchev–Trinajstić information content (AvgIpc) is 2.34. The molecule has 0 spiro atoms. The van der Waals surface area contributed by atoms with Crippen LogP contribution < -0.4 is 5.73 Å². The summed E-state index contributed by atoms with van der Waals surface area (Å²) in [5, 5.41) is 0. The molecule has 0 saturated carbocycles. The molecule has 84 valence electrons. The van der Waals surface area contributed by atoms with Gasteiger partial charge in [-0.2, -0.15) is 0 Å². The van der Waals surface area contributed by atoms with Crippen LogP contribution in [0.1, 0.15) is 18.9 Å². The fourth-order valence-electron chi connectivity index (χ4n) is 2.46. The molecule has 0 bridgehead atoms. The second-order valence-corrected chi connectivity index (χ2v) is 4.58. The Hall–Kier alpha value is -1.34. The summed E-state index contributed by atoms with van der Waals surface area (Å²) >= 11 is 0. The van der Waals surface area contributed by atoms with Crippen LogP contribution in [0.3, 0.4) is 0 Å². The molecule has 0 amide bonds. The lowest BCUT2D eigenvalue weighted by Gasteiger charge is -2.35. The molecule has 16 heavy (non-hydrogen) atoms. The van der Waals surface area contributed by atoms with E-state index in [-0.39, 0.29) is 5.41 Å². The lowest BCUT2D eigenvalue weighted by Crippen LogP contribution is -2.31. The highest BCUT2D eigenvalue weighted by Gasteiger charge is 2.32. The SMILES string of the molecule is CC1(c2ccccc2)C=CC=CC1CCN. The largest absolute Gasteiger partial charge is 0.330 e. The molecule has 0 fully saturated rings. The lowest BCUT2D eigenvalue weighted by atomic mass is 9.68. The van der Waals surface area contributed by atoms with E-state index in [4.69, 9.17) is 5.73 Å². The highest BCUT2D eigenvalue weighted by atomic mass is 14.5. The highest BCUT2D eigenvalue weighted by Crippen LogP contribution is 2.38. The third-order valence-corrected chi connectivity index (χ3v) is 3.54. The van der Waals surface area contributed by atoms with E-state index in [0.29, 0.717) is 5.92 Å². The highest BCUT2D eigenvalue weighted by molar-refractivity contribution is 5.36. The van der Waals surface area contributed by atoms with Crippen molar-refractivity contribution in [1.29, 1.82) is 0 Å². The zero-order chi connectivity index (χ0) is 11.4. The number of nitrogens with two attached hydrogens (primary N) is 1. The standard InChI is InChI=1S/C15H19N/c1-15(13-7-3-2-4-8-13)11-6-5-9-14(15)10-12-16/h2-9,11,14H,10,12,16H2,1H3. The van der Waals surface area contributed by atoms with Gasteiger partial charge in [0.05, 0.1) is 0 Å². The first-order valence-electron chi connectivity index (χ1n) is 5.89. The molecule has 1 aromatic rings. The van der Waals surface area contributed by atoms with E-state index < -0.39 is 0 Å². The zero-order valence-corrected chi connectivity index (χ0v) is 9.77. The van der Waals surface area contributed by atoms with Gasteiger partial charge in [0.25, 0.3) is 0 Å². The first kappa shape index (κ1) is 11.2. The van der Waals surface area contributed by atoms with Gasteiger partial charge >= 0.3 is 0 Å². The number of hydrogen-bond donors (Lipinski definition) is 1. The maximum absolute atomic E-state index is 5.70. The van der Waals surface area contributed by atoms with Gasteiger partial charge in [-0.25, -0.2) is 0 Å². The molecule has 1 aromatic carbocycles. The first-order valence-corrected chi connectivity index (χ1v) is 5.89. The van der Waals surface area contributed by atoms with Crippen LogP contribution in [0.2, 0.25) is 0 Å². The molecule has 0 aliphatic heterocycles. The summed E-state index contributed by atoms with van der Waals surface area (Å²) < 4.78 is 0. The first-order chi connectivity index (χ1) is 7.77. The molecule has 2 unspecified atom stereocenters. The summed E-state index contributed by atoms with van der Waals surface area (Å²) in [7, 11) is 0. The van der Waals surface area contributed by atoms with Crippen molar-refractivity contribution in [2.24, 2.45) is 11.7 Å². The number of benzene rings is 1. The normalized spacial score (nSPS) is 28.2. The van der Waals surface area contributed by atoms with E-state index in [9.17, 15) is 0 Å². The molecule has 1 nitrogen and oxygen atoms in total. The van der Waals surface area contributed by atoms with Crippen molar-refractivity contribution in [2.45, 2.75) is 18.8 Å². The Bertz CT molecular complexity index is 391. The second kappa shape index (κ2) is 4.67. The van der Waals surface area contributed by atoms with Crippen LogP contribution in [-0.4, -0.2) is 6.54 Å². The second-order valence-electron chi connectivity index (χ2n) is 4.58. The number of allylic oxidation sites excluding steroid dienone is 4. The van der Waals surface area contributed by atoms with Crippen LogP contribution >= 0.6 is 0 Å².